The van der Waals surface area contributed by atoms with Gasteiger partial charge in [0.1, 0.15) is 11.6 Å². The molecule has 1 amide bonds. The van der Waals surface area contributed by atoms with Crippen LogP contribution in [0.5, 0.6) is 0 Å². The third-order valence-electron chi connectivity index (χ3n) is 4.22. The fourth-order valence-corrected chi connectivity index (χ4v) is 2.69. The van der Waals surface area contributed by atoms with Gasteiger partial charge >= 0.3 is 0 Å². The van der Waals surface area contributed by atoms with Crippen molar-refractivity contribution in [2.24, 2.45) is 0 Å². The van der Waals surface area contributed by atoms with Crippen LogP contribution in [0, 0.1) is 11.3 Å². The average molecular weight is 368 g/mol. The first-order valence-corrected chi connectivity index (χ1v) is 9.50. The molecule has 144 valence electrons. The van der Waals surface area contributed by atoms with Crippen LogP contribution in [-0.4, -0.2) is 37.2 Å². The zero-order valence-corrected chi connectivity index (χ0v) is 15.9. The second-order valence-corrected chi connectivity index (χ2v) is 6.31. The molecule has 0 aliphatic carbocycles. The Morgan fingerprint density at radius 3 is 2.89 bits per heavy atom. The van der Waals surface area contributed by atoms with Crippen LogP contribution in [0.1, 0.15) is 31.7 Å². The summed E-state index contributed by atoms with van der Waals surface area (Å²) in [6.07, 6.45) is 7.19. The van der Waals surface area contributed by atoms with Crippen LogP contribution in [0.4, 0.5) is 0 Å². The number of carbonyl (C=O) groups excluding carboxylic acids is 1. The summed E-state index contributed by atoms with van der Waals surface area (Å²) in [6.45, 7) is 4.64. The lowest BCUT2D eigenvalue weighted by molar-refractivity contribution is -0.117. The Labute approximate surface area is 160 Å². The number of ether oxygens (including phenoxy) is 1. The van der Waals surface area contributed by atoms with Crippen molar-refractivity contribution in [2.75, 3.05) is 26.3 Å². The van der Waals surface area contributed by atoms with E-state index in [1.807, 2.05) is 30.5 Å². The molecule has 1 aromatic carbocycles. The van der Waals surface area contributed by atoms with Gasteiger partial charge in [0.25, 0.3) is 5.91 Å². The molecule has 0 aliphatic heterocycles. The molecule has 0 unspecified atom stereocenters. The van der Waals surface area contributed by atoms with E-state index in [2.05, 4.69) is 28.6 Å². The van der Waals surface area contributed by atoms with Gasteiger partial charge in [-0.3, -0.25) is 4.79 Å². The normalized spacial score (nSPS) is 11.3. The van der Waals surface area contributed by atoms with Gasteiger partial charge in [-0.05, 0) is 30.9 Å². The molecule has 0 bridgehead atoms. The second kappa shape index (κ2) is 11.8. The Balaban J connectivity index is 1.69. The zero-order valence-electron chi connectivity index (χ0n) is 15.9. The predicted molar refractivity (Wildman–Crippen MR) is 107 cm³/mol. The largest absolute Gasteiger partial charge is 0.389 e. The Morgan fingerprint density at radius 2 is 2.07 bits per heavy atom. The van der Waals surface area contributed by atoms with E-state index >= 15 is 0 Å². The number of carbonyl (C=O) groups is 1. The number of nitrogens with zero attached hydrogens (tertiary/aromatic N) is 1. The highest BCUT2D eigenvalue weighted by Crippen LogP contribution is 2.17. The average Bonchev–Trinajstić information content (AvgIpc) is 3.10. The van der Waals surface area contributed by atoms with Gasteiger partial charge in [-0.1, -0.05) is 31.5 Å². The molecule has 2 aromatic rings. The van der Waals surface area contributed by atoms with Crippen LogP contribution in [-0.2, 0) is 16.0 Å². The number of para-hydroxylation sites is 1. The number of aromatic nitrogens is 1. The van der Waals surface area contributed by atoms with E-state index in [-0.39, 0.29) is 11.5 Å². The molecule has 0 fully saturated rings. The van der Waals surface area contributed by atoms with Gasteiger partial charge in [-0.25, -0.2) is 0 Å². The first kappa shape index (κ1) is 20.5. The van der Waals surface area contributed by atoms with E-state index < -0.39 is 0 Å². The summed E-state index contributed by atoms with van der Waals surface area (Å²) in [5.74, 6) is -0.356. The maximum absolute atomic E-state index is 12.0. The molecule has 0 spiro atoms. The van der Waals surface area contributed by atoms with Crippen LogP contribution in [0.25, 0.3) is 10.9 Å². The summed E-state index contributed by atoms with van der Waals surface area (Å²) in [7, 11) is 0. The van der Waals surface area contributed by atoms with Gasteiger partial charge in [0.2, 0.25) is 0 Å². The zero-order chi connectivity index (χ0) is 19.3. The Morgan fingerprint density at radius 1 is 1.26 bits per heavy atom. The van der Waals surface area contributed by atoms with Gasteiger partial charge in [0.05, 0.1) is 0 Å². The SMILES string of the molecule is CCCCOCCCNC(=O)/C(C#N)=C\NCCc1c[nH]c2ccccc12. The molecule has 0 saturated heterocycles. The van der Waals surface area contributed by atoms with Crippen molar-refractivity contribution in [1.82, 2.24) is 15.6 Å². The topological polar surface area (TPSA) is 89.9 Å². The van der Waals surface area contributed by atoms with Crippen molar-refractivity contribution in [3.05, 3.63) is 47.8 Å². The van der Waals surface area contributed by atoms with Crippen molar-refractivity contribution >= 4 is 16.8 Å². The number of nitrogens with one attached hydrogen (secondary N) is 3. The summed E-state index contributed by atoms with van der Waals surface area (Å²) in [4.78, 5) is 15.3. The number of hydrogen-bond acceptors (Lipinski definition) is 4. The number of fused-ring (bicyclic) bond motifs is 1. The van der Waals surface area contributed by atoms with E-state index in [0.717, 1.165) is 37.8 Å². The van der Waals surface area contributed by atoms with E-state index in [9.17, 15) is 10.1 Å². The van der Waals surface area contributed by atoms with Gasteiger partial charge in [0, 0.05) is 49.6 Å². The van der Waals surface area contributed by atoms with E-state index in [1.54, 1.807) is 0 Å². The van der Waals surface area contributed by atoms with Crippen LogP contribution >= 0.6 is 0 Å². The van der Waals surface area contributed by atoms with Crippen molar-refractivity contribution in [3.8, 4) is 6.07 Å². The Hall–Kier alpha value is -2.78. The lowest BCUT2D eigenvalue weighted by Crippen LogP contribution is -2.27. The second-order valence-electron chi connectivity index (χ2n) is 6.31. The maximum atomic E-state index is 12.0. The quantitative estimate of drug-likeness (QED) is 0.305. The number of nitriles is 1. The highest BCUT2D eigenvalue weighted by molar-refractivity contribution is 5.97. The summed E-state index contributed by atoms with van der Waals surface area (Å²) in [6, 6.07) is 10.1. The van der Waals surface area contributed by atoms with Gasteiger partial charge < -0.3 is 20.4 Å². The fraction of sp³-hybridized carbons (Fsp3) is 0.429. The standard InChI is InChI=1S/C21H28N4O2/c1-2-3-12-27-13-6-10-24-21(26)18(14-22)15-23-11-9-17-16-25-20-8-5-4-7-19(17)20/h4-5,7-8,15-16,23,25H,2-3,6,9-13H2,1H3,(H,24,26)/b18-15-. The number of hydrogen-bond donors (Lipinski definition) is 3. The number of H-pyrrole nitrogens is 1. The molecule has 6 nitrogen and oxygen atoms in total. The maximum Gasteiger partial charge on any atom is 0.263 e. The lowest BCUT2D eigenvalue weighted by atomic mass is 10.1. The predicted octanol–water partition coefficient (Wildman–Crippen LogP) is 3.03. The number of amides is 1. The van der Waals surface area contributed by atoms with E-state index in [0.29, 0.717) is 19.7 Å². The minimum absolute atomic E-state index is 0.0841. The third-order valence-corrected chi connectivity index (χ3v) is 4.22. The third kappa shape index (κ3) is 6.80. The molecule has 3 N–H and O–H groups in total. The number of rotatable bonds is 12. The minimum Gasteiger partial charge on any atom is -0.389 e. The highest BCUT2D eigenvalue weighted by Gasteiger charge is 2.08. The Bertz CT molecular complexity index is 789. The molecule has 1 aromatic heterocycles. The van der Waals surface area contributed by atoms with Crippen LogP contribution < -0.4 is 10.6 Å². The molecule has 0 radical (unpaired) electrons. The van der Waals surface area contributed by atoms with Crippen molar-refractivity contribution < 1.29 is 9.53 Å². The molecular formula is C21H28N4O2. The molecule has 6 heteroatoms. The molecule has 0 saturated carbocycles. The van der Waals surface area contributed by atoms with E-state index in [1.165, 1.54) is 17.1 Å². The minimum atomic E-state index is -0.356. The monoisotopic (exact) mass is 368 g/mol. The molecule has 0 aliphatic rings. The van der Waals surface area contributed by atoms with Crippen molar-refractivity contribution in [1.29, 1.82) is 5.26 Å². The van der Waals surface area contributed by atoms with Gasteiger partial charge in [0.15, 0.2) is 0 Å². The first-order chi connectivity index (χ1) is 13.3. The van der Waals surface area contributed by atoms with Gasteiger partial charge in [-0.15, -0.1) is 0 Å². The molecule has 0 atom stereocenters. The Kier molecular flexibility index (Phi) is 8.94. The van der Waals surface area contributed by atoms with Crippen LogP contribution in [0.15, 0.2) is 42.2 Å². The fourth-order valence-electron chi connectivity index (χ4n) is 2.69. The lowest BCUT2D eigenvalue weighted by Gasteiger charge is -2.06. The molecular weight excluding hydrogens is 340 g/mol. The molecule has 27 heavy (non-hydrogen) atoms. The van der Waals surface area contributed by atoms with Crippen LogP contribution in [0.3, 0.4) is 0 Å². The summed E-state index contributed by atoms with van der Waals surface area (Å²) >= 11 is 0. The smallest absolute Gasteiger partial charge is 0.263 e. The summed E-state index contributed by atoms with van der Waals surface area (Å²) in [5, 5.41) is 16.2. The summed E-state index contributed by atoms with van der Waals surface area (Å²) in [5.41, 5.74) is 2.40. The number of benzene rings is 1. The molecule has 1 heterocycles. The number of aromatic amines is 1. The van der Waals surface area contributed by atoms with Crippen LogP contribution in [0.2, 0.25) is 0 Å². The van der Waals surface area contributed by atoms with Crippen molar-refractivity contribution in [3.63, 3.8) is 0 Å². The van der Waals surface area contributed by atoms with Gasteiger partial charge in [-0.2, -0.15) is 5.26 Å². The number of unbranched alkanes of at least 4 members (excludes halogenated alkanes) is 1. The van der Waals surface area contributed by atoms with Crippen molar-refractivity contribution in [2.45, 2.75) is 32.6 Å². The highest BCUT2D eigenvalue weighted by atomic mass is 16.5. The molecule has 2 rings (SSSR count). The van der Waals surface area contributed by atoms with E-state index in [4.69, 9.17) is 4.74 Å². The summed E-state index contributed by atoms with van der Waals surface area (Å²) < 4.78 is 5.44. The first-order valence-electron chi connectivity index (χ1n) is 9.50.